The molecule has 0 spiro atoms. The van der Waals surface area contributed by atoms with Crippen molar-refractivity contribution in [1.82, 2.24) is 9.78 Å². The van der Waals surface area contributed by atoms with Crippen molar-refractivity contribution < 1.29 is 33.0 Å². The van der Waals surface area contributed by atoms with Gasteiger partial charge < -0.3 is 14.9 Å². The van der Waals surface area contributed by atoms with Crippen molar-refractivity contribution in [3.8, 4) is 11.4 Å². The van der Waals surface area contributed by atoms with Crippen molar-refractivity contribution in [2.75, 3.05) is 18.0 Å². The smallest absolute Gasteiger partial charge is 0.339 e. The van der Waals surface area contributed by atoms with Gasteiger partial charge in [0, 0.05) is 12.0 Å². The fourth-order valence-corrected chi connectivity index (χ4v) is 6.20. The van der Waals surface area contributed by atoms with Gasteiger partial charge in [-0.2, -0.15) is 5.10 Å². The largest absolute Gasteiger partial charge is 0.497 e. The molecule has 5 rings (SSSR count). The lowest BCUT2D eigenvalue weighted by molar-refractivity contribution is -0.135. The van der Waals surface area contributed by atoms with Gasteiger partial charge in [0.15, 0.2) is 0 Å². The quantitative estimate of drug-likeness (QED) is 0.302. The van der Waals surface area contributed by atoms with E-state index in [4.69, 9.17) is 4.74 Å². The second-order valence-electron chi connectivity index (χ2n) is 9.12. The number of hydrogen-bond acceptors (Lipinski definition) is 6. The lowest BCUT2D eigenvalue weighted by Gasteiger charge is -2.23. The van der Waals surface area contributed by atoms with Crippen LogP contribution in [0.3, 0.4) is 0 Å². The van der Waals surface area contributed by atoms with Crippen molar-refractivity contribution in [3.63, 3.8) is 0 Å². The fraction of sp³-hybridized carbons (Fsp3) is 0.179. The first-order chi connectivity index (χ1) is 18.7. The van der Waals surface area contributed by atoms with Crippen molar-refractivity contribution in [2.45, 2.75) is 23.2 Å². The van der Waals surface area contributed by atoms with Gasteiger partial charge in [0.1, 0.15) is 17.9 Å². The molecule has 0 amide bonds. The summed E-state index contributed by atoms with van der Waals surface area (Å²) in [5.74, 6) is -2.12. The van der Waals surface area contributed by atoms with Crippen LogP contribution in [0, 0.1) is 0 Å². The lowest BCUT2D eigenvalue weighted by Crippen LogP contribution is -2.35. The zero-order valence-corrected chi connectivity index (χ0v) is 21.7. The molecular formula is C28H25N3O7S. The number of methoxy groups -OCH3 is 1. The van der Waals surface area contributed by atoms with Crippen LogP contribution in [-0.4, -0.2) is 54.0 Å². The molecule has 1 saturated carbocycles. The van der Waals surface area contributed by atoms with Crippen molar-refractivity contribution in [3.05, 3.63) is 102 Å². The zero-order valence-electron chi connectivity index (χ0n) is 20.8. The predicted octanol–water partition coefficient (Wildman–Crippen LogP) is 4.13. The Balaban J connectivity index is 1.57. The summed E-state index contributed by atoms with van der Waals surface area (Å²) in [4.78, 5) is 23.7. The number of aromatic nitrogens is 2. The maximum Gasteiger partial charge on any atom is 0.339 e. The SMILES string of the molecule is COc1cccc(S(=O)(=O)N(CC(=O)O)c2cccc(-n3ncc(C(=O)O)c3[C@H]3C[C@@H]3c3ccccc3)c2)c1. The molecule has 1 aromatic heterocycles. The van der Waals surface area contributed by atoms with E-state index in [0.29, 0.717) is 17.1 Å². The highest BCUT2D eigenvalue weighted by molar-refractivity contribution is 7.92. The third-order valence-corrected chi connectivity index (χ3v) is 8.45. The first kappa shape index (κ1) is 26.0. The number of carboxylic acid groups (broad SMARTS) is 2. The number of ether oxygens (including phenoxy) is 1. The Labute approximate surface area is 224 Å². The summed E-state index contributed by atoms with van der Waals surface area (Å²) < 4.78 is 34.6. The number of sulfonamides is 1. The van der Waals surface area contributed by atoms with Crippen molar-refractivity contribution in [2.24, 2.45) is 0 Å². The molecule has 1 aliphatic rings. The fourth-order valence-electron chi connectivity index (χ4n) is 4.76. The van der Waals surface area contributed by atoms with Gasteiger partial charge in [-0.25, -0.2) is 17.9 Å². The lowest BCUT2D eigenvalue weighted by atomic mass is 10.1. The van der Waals surface area contributed by atoms with E-state index in [-0.39, 0.29) is 28.0 Å². The van der Waals surface area contributed by atoms with E-state index >= 15 is 0 Å². The highest BCUT2D eigenvalue weighted by atomic mass is 32.2. The molecule has 0 unspecified atom stereocenters. The van der Waals surface area contributed by atoms with E-state index < -0.39 is 28.5 Å². The maximum absolute atomic E-state index is 13.6. The molecule has 2 N–H and O–H groups in total. The molecule has 1 heterocycles. The molecule has 200 valence electrons. The highest BCUT2D eigenvalue weighted by Gasteiger charge is 2.44. The minimum Gasteiger partial charge on any atom is -0.497 e. The normalized spacial score (nSPS) is 16.4. The standard InChI is InChI=1S/C28H25N3O7S/c1-38-21-11-6-12-22(14-21)39(36,37)30(17-26(32)33)19-9-5-10-20(13-19)31-27(25(16-29-31)28(34)35)24-15-23(24)18-7-3-2-4-8-18/h2-14,16,23-24H,15,17H2,1H3,(H,32,33)(H,34,35)/t23-,24+/m1/s1. The molecule has 0 bridgehead atoms. The van der Waals surface area contributed by atoms with Crippen LogP contribution in [0.1, 0.15) is 39.9 Å². The van der Waals surface area contributed by atoms with E-state index in [2.05, 4.69) is 5.10 Å². The predicted molar refractivity (Wildman–Crippen MR) is 142 cm³/mol. The van der Waals surface area contributed by atoms with E-state index in [0.717, 1.165) is 16.3 Å². The number of rotatable bonds is 10. The number of anilines is 1. The van der Waals surface area contributed by atoms with E-state index in [1.165, 1.54) is 48.3 Å². The number of carbonyl (C=O) groups is 2. The van der Waals surface area contributed by atoms with Gasteiger partial charge >= 0.3 is 11.9 Å². The molecule has 2 atom stereocenters. The van der Waals surface area contributed by atoms with Crippen LogP contribution in [0.15, 0.2) is 90.0 Å². The second kappa shape index (κ2) is 10.3. The third-order valence-electron chi connectivity index (χ3n) is 6.68. The number of aromatic carboxylic acids is 1. The molecule has 3 aromatic carbocycles. The summed E-state index contributed by atoms with van der Waals surface area (Å²) >= 11 is 0. The number of hydrogen-bond donors (Lipinski definition) is 2. The summed E-state index contributed by atoms with van der Waals surface area (Å²) in [5, 5.41) is 23.8. The van der Waals surface area contributed by atoms with E-state index in [1.54, 1.807) is 18.2 Å². The molecule has 1 fully saturated rings. The summed E-state index contributed by atoms with van der Waals surface area (Å²) in [7, 11) is -2.90. The van der Waals surface area contributed by atoms with Crippen molar-refractivity contribution in [1.29, 1.82) is 0 Å². The first-order valence-electron chi connectivity index (χ1n) is 12.1. The molecule has 4 aromatic rings. The van der Waals surface area contributed by atoms with Gasteiger partial charge in [-0.3, -0.25) is 9.10 Å². The van der Waals surface area contributed by atoms with Crippen LogP contribution in [-0.2, 0) is 14.8 Å². The van der Waals surface area contributed by atoms with E-state index in [9.17, 15) is 28.2 Å². The van der Waals surface area contributed by atoms with Gasteiger partial charge in [-0.1, -0.05) is 42.5 Å². The van der Waals surface area contributed by atoms with Crippen LogP contribution in [0.2, 0.25) is 0 Å². The molecule has 0 radical (unpaired) electrons. The van der Waals surface area contributed by atoms with Gasteiger partial charge in [0.05, 0.1) is 35.3 Å². The van der Waals surface area contributed by atoms with Crippen LogP contribution in [0.25, 0.3) is 5.69 Å². The van der Waals surface area contributed by atoms with Gasteiger partial charge in [0.25, 0.3) is 10.0 Å². The molecule has 10 nitrogen and oxygen atoms in total. The Kier molecular flexibility index (Phi) is 6.83. The molecular weight excluding hydrogens is 522 g/mol. The maximum atomic E-state index is 13.6. The van der Waals surface area contributed by atoms with Crippen LogP contribution in [0.4, 0.5) is 5.69 Å². The summed E-state index contributed by atoms with van der Waals surface area (Å²) in [5.41, 5.74) is 2.16. The summed E-state index contributed by atoms with van der Waals surface area (Å²) in [6.45, 7) is -0.825. The molecule has 0 saturated heterocycles. The Morgan fingerprint density at radius 2 is 1.74 bits per heavy atom. The Morgan fingerprint density at radius 1 is 1.00 bits per heavy atom. The molecule has 11 heteroatoms. The minimum absolute atomic E-state index is 0.0650. The monoisotopic (exact) mass is 547 g/mol. The number of aliphatic carboxylic acids is 1. The second-order valence-corrected chi connectivity index (χ2v) is 11.0. The van der Waals surface area contributed by atoms with Gasteiger partial charge in [-0.15, -0.1) is 0 Å². The topological polar surface area (TPSA) is 139 Å². The van der Waals surface area contributed by atoms with Crippen LogP contribution in [0.5, 0.6) is 5.75 Å². The molecule has 1 aliphatic carbocycles. The summed E-state index contributed by atoms with van der Waals surface area (Å²) in [6, 6.07) is 21.8. The molecule has 39 heavy (non-hydrogen) atoms. The van der Waals surface area contributed by atoms with Gasteiger partial charge in [0.2, 0.25) is 0 Å². The van der Waals surface area contributed by atoms with Crippen molar-refractivity contribution >= 4 is 27.6 Å². The van der Waals surface area contributed by atoms with Crippen LogP contribution < -0.4 is 9.04 Å². The first-order valence-corrected chi connectivity index (χ1v) is 13.5. The zero-order chi connectivity index (χ0) is 27.7. The number of nitrogens with zero attached hydrogens (tertiary/aromatic N) is 3. The number of benzene rings is 3. The molecule has 0 aliphatic heterocycles. The highest BCUT2D eigenvalue weighted by Crippen LogP contribution is 2.55. The average Bonchev–Trinajstić information content (AvgIpc) is 3.61. The van der Waals surface area contributed by atoms with E-state index in [1.807, 2.05) is 30.3 Å². The van der Waals surface area contributed by atoms with Gasteiger partial charge in [-0.05, 0) is 48.2 Å². The average molecular weight is 548 g/mol. The summed E-state index contributed by atoms with van der Waals surface area (Å²) in [6.07, 6.45) is 2.03. The Hall–Kier alpha value is -4.64. The Morgan fingerprint density at radius 3 is 2.44 bits per heavy atom. The third kappa shape index (κ3) is 5.08. The number of carboxylic acids is 2. The van der Waals surface area contributed by atoms with Crippen LogP contribution >= 0.6 is 0 Å². The Bertz CT molecular complexity index is 1650. The minimum atomic E-state index is -4.30.